The third kappa shape index (κ3) is 4.41. The maximum absolute atomic E-state index is 11.9. The molecule has 0 fully saturated rings. The van der Waals surface area contributed by atoms with Crippen molar-refractivity contribution in [3.63, 3.8) is 0 Å². The van der Waals surface area contributed by atoms with Crippen LogP contribution in [0.1, 0.15) is 15.9 Å². The highest BCUT2D eigenvalue weighted by Crippen LogP contribution is 2.33. The number of rotatable bonds is 4. The van der Waals surface area contributed by atoms with E-state index < -0.39 is 0 Å². The predicted octanol–water partition coefficient (Wildman–Crippen LogP) is 4.75. The molecule has 0 heterocycles. The summed E-state index contributed by atoms with van der Waals surface area (Å²) in [5, 5.41) is 3.96. The number of carbonyl (C=O) groups is 1. The van der Waals surface area contributed by atoms with E-state index in [1.54, 1.807) is 31.5 Å². The number of hydrogen-bond acceptors (Lipinski definition) is 3. The van der Waals surface area contributed by atoms with Gasteiger partial charge in [-0.15, -0.1) is 0 Å². The summed E-state index contributed by atoms with van der Waals surface area (Å²) in [5.41, 5.74) is 3.84. The highest BCUT2D eigenvalue weighted by molar-refractivity contribution is 9.11. The molecule has 0 radical (unpaired) electrons. The van der Waals surface area contributed by atoms with Gasteiger partial charge in [-0.3, -0.25) is 4.79 Å². The van der Waals surface area contributed by atoms with E-state index in [9.17, 15) is 4.79 Å². The number of halogens is 3. The molecule has 0 aliphatic carbocycles. The molecule has 2 aromatic rings. The third-order valence-electron chi connectivity index (χ3n) is 2.69. The molecule has 4 nitrogen and oxygen atoms in total. The summed E-state index contributed by atoms with van der Waals surface area (Å²) in [4.78, 5) is 11.9. The van der Waals surface area contributed by atoms with Crippen LogP contribution in [0.2, 0.25) is 0 Å². The van der Waals surface area contributed by atoms with E-state index in [0.29, 0.717) is 11.3 Å². The van der Waals surface area contributed by atoms with Crippen LogP contribution in [0.4, 0.5) is 0 Å². The SMILES string of the molecule is COc1c(Br)cc(C=NNC(=O)c2cccc(Br)c2)cc1Br. The molecule has 0 bridgehead atoms. The lowest BCUT2D eigenvalue weighted by Crippen LogP contribution is -2.17. The van der Waals surface area contributed by atoms with Gasteiger partial charge in [-0.1, -0.05) is 22.0 Å². The fourth-order valence-electron chi connectivity index (χ4n) is 1.71. The average Bonchev–Trinajstić information content (AvgIpc) is 2.47. The fraction of sp³-hybridized carbons (Fsp3) is 0.0667. The van der Waals surface area contributed by atoms with Crippen molar-refractivity contribution in [2.75, 3.05) is 7.11 Å². The Morgan fingerprint density at radius 3 is 2.45 bits per heavy atom. The Morgan fingerprint density at radius 1 is 1.18 bits per heavy atom. The van der Waals surface area contributed by atoms with Crippen LogP contribution in [0.15, 0.2) is 54.9 Å². The molecular formula is C15H11Br3N2O2. The van der Waals surface area contributed by atoms with Crippen LogP contribution >= 0.6 is 47.8 Å². The third-order valence-corrected chi connectivity index (χ3v) is 4.36. The molecule has 0 spiro atoms. The smallest absolute Gasteiger partial charge is 0.271 e. The molecule has 1 N–H and O–H groups in total. The molecular weight excluding hydrogens is 480 g/mol. The number of hydrazone groups is 1. The quantitative estimate of drug-likeness (QED) is 0.497. The summed E-state index contributed by atoms with van der Waals surface area (Å²) in [5.74, 6) is 0.430. The van der Waals surface area contributed by atoms with E-state index in [0.717, 1.165) is 19.0 Å². The van der Waals surface area contributed by atoms with Crippen molar-refractivity contribution in [2.24, 2.45) is 5.10 Å². The lowest BCUT2D eigenvalue weighted by molar-refractivity contribution is 0.0955. The molecule has 0 saturated carbocycles. The van der Waals surface area contributed by atoms with Crippen LogP contribution in [0, 0.1) is 0 Å². The number of amides is 1. The highest BCUT2D eigenvalue weighted by Gasteiger charge is 2.07. The van der Waals surface area contributed by atoms with Gasteiger partial charge in [-0.05, 0) is 67.8 Å². The first-order valence-corrected chi connectivity index (χ1v) is 8.51. The summed E-state index contributed by atoms with van der Waals surface area (Å²) < 4.78 is 7.66. The lowest BCUT2D eigenvalue weighted by Gasteiger charge is -2.06. The van der Waals surface area contributed by atoms with Gasteiger partial charge in [-0.25, -0.2) is 5.43 Å². The van der Waals surface area contributed by atoms with Gasteiger partial charge in [-0.2, -0.15) is 5.10 Å². The van der Waals surface area contributed by atoms with Crippen molar-refractivity contribution < 1.29 is 9.53 Å². The van der Waals surface area contributed by atoms with Crippen molar-refractivity contribution in [3.8, 4) is 5.75 Å². The van der Waals surface area contributed by atoms with E-state index in [-0.39, 0.29) is 5.91 Å². The molecule has 22 heavy (non-hydrogen) atoms. The van der Waals surface area contributed by atoms with Crippen molar-refractivity contribution in [1.29, 1.82) is 0 Å². The van der Waals surface area contributed by atoms with Gasteiger partial charge in [0.25, 0.3) is 5.91 Å². The molecule has 0 aliphatic rings. The number of nitrogens with one attached hydrogen (secondary N) is 1. The molecule has 0 aromatic heterocycles. The van der Waals surface area contributed by atoms with Gasteiger partial charge in [0.05, 0.1) is 22.3 Å². The van der Waals surface area contributed by atoms with Gasteiger partial charge < -0.3 is 4.74 Å². The monoisotopic (exact) mass is 488 g/mol. The topological polar surface area (TPSA) is 50.7 Å². The Bertz CT molecular complexity index is 709. The zero-order valence-electron chi connectivity index (χ0n) is 11.4. The molecule has 7 heteroatoms. The number of nitrogens with zero attached hydrogens (tertiary/aromatic N) is 1. The average molecular weight is 491 g/mol. The maximum Gasteiger partial charge on any atom is 0.271 e. The van der Waals surface area contributed by atoms with Crippen LogP contribution in [-0.4, -0.2) is 19.2 Å². The van der Waals surface area contributed by atoms with Crippen molar-refractivity contribution in [3.05, 3.63) is 60.9 Å². The number of carbonyl (C=O) groups excluding carboxylic acids is 1. The van der Waals surface area contributed by atoms with E-state index in [4.69, 9.17) is 4.74 Å². The second-order valence-electron chi connectivity index (χ2n) is 4.23. The Hall–Kier alpha value is -1.18. The van der Waals surface area contributed by atoms with Gasteiger partial charge >= 0.3 is 0 Å². The first kappa shape index (κ1) is 17.2. The minimum absolute atomic E-state index is 0.274. The second kappa shape index (κ2) is 7.89. The van der Waals surface area contributed by atoms with E-state index >= 15 is 0 Å². The van der Waals surface area contributed by atoms with Crippen LogP contribution in [0.5, 0.6) is 5.75 Å². The normalized spacial score (nSPS) is 10.7. The molecule has 0 unspecified atom stereocenters. The van der Waals surface area contributed by atoms with Crippen LogP contribution in [0.3, 0.4) is 0 Å². The van der Waals surface area contributed by atoms with E-state index in [2.05, 4.69) is 58.3 Å². The molecule has 1 amide bonds. The Labute approximate surface area is 153 Å². The molecule has 114 valence electrons. The second-order valence-corrected chi connectivity index (χ2v) is 6.85. The molecule has 0 atom stereocenters. The van der Waals surface area contributed by atoms with Crippen molar-refractivity contribution in [1.82, 2.24) is 5.43 Å². The summed E-state index contributed by atoms with van der Waals surface area (Å²) in [6.45, 7) is 0. The standard InChI is InChI=1S/C15H11Br3N2O2/c1-22-14-12(17)5-9(6-13(14)18)8-19-20-15(21)10-3-2-4-11(16)7-10/h2-8H,1H3,(H,20,21). The number of ether oxygens (including phenoxy) is 1. The summed E-state index contributed by atoms with van der Waals surface area (Å²) >= 11 is 10.2. The first-order valence-electron chi connectivity index (χ1n) is 6.13. The highest BCUT2D eigenvalue weighted by atomic mass is 79.9. The molecule has 0 saturated heterocycles. The van der Waals surface area contributed by atoms with Gasteiger partial charge in [0, 0.05) is 10.0 Å². The van der Waals surface area contributed by atoms with Crippen molar-refractivity contribution in [2.45, 2.75) is 0 Å². The minimum atomic E-state index is -0.274. The van der Waals surface area contributed by atoms with Crippen LogP contribution in [-0.2, 0) is 0 Å². The number of methoxy groups -OCH3 is 1. The zero-order valence-corrected chi connectivity index (χ0v) is 16.2. The number of hydrogen-bond donors (Lipinski definition) is 1. The maximum atomic E-state index is 11.9. The summed E-state index contributed by atoms with van der Waals surface area (Å²) in [6, 6.07) is 10.8. The minimum Gasteiger partial charge on any atom is -0.494 e. The molecule has 2 aromatic carbocycles. The molecule has 2 rings (SSSR count). The number of benzene rings is 2. The summed E-state index contributed by atoms with van der Waals surface area (Å²) in [7, 11) is 1.59. The van der Waals surface area contributed by atoms with Gasteiger partial charge in [0.1, 0.15) is 5.75 Å². The van der Waals surface area contributed by atoms with Crippen LogP contribution < -0.4 is 10.2 Å². The Balaban J connectivity index is 2.08. The Morgan fingerprint density at radius 2 is 1.86 bits per heavy atom. The van der Waals surface area contributed by atoms with Crippen LogP contribution in [0.25, 0.3) is 0 Å². The summed E-state index contributed by atoms with van der Waals surface area (Å²) in [6.07, 6.45) is 1.56. The zero-order chi connectivity index (χ0) is 16.1. The van der Waals surface area contributed by atoms with E-state index in [1.807, 2.05) is 18.2 Å². The first-order chi connectivity index (χ1) is 10.5. The fourth-order valence-corrected chi connectivity index (χ4v) is 3.65. The van der Waals surface area contributed by atoms with Crippen molar-refractivity contribution >= 4 is 59.9 Å². The van der Waals surface area contributed by atoms with Gasteiger partial charge in [0.15, 0.2) is 0 Å². The van der Waals surface area contributed by atoms with E-state index in [1.165, 1.54) is 0 Å². The predicted molar refractivity (Wildman–Crippen MR) is 97.6 cm³/mol. The largest absolute Gasteiger partial charge is 0.494 e. The lowest BCUT2D eigenvalue weighted by atomic mass is 10.2. The Kier molecular flexibility index (Phi) is 6.16. The van der Waals surface area contributed by atoms with Gasteiger partial charge in [0.2, 0.25) is 0 Å². The molecule has 0 aliphatic heterocycles.